The Morgan fingerprint density at radius 2 is 1.94 bits per heavy atom. The van der Waals surface area contributed by atoms with Crippen molar-refractivity contribution in [3.63, 3.8) is 0 Å². The quantitative estimate of drug-likeness (QED) is 0.781. The molecule has 0 aromatic heterocycles. The van der Waals surface area contributed by atoms with Gasteiger partial charge in [-0.05, 0) is 36.6 Å². The van der Waals surface area contributed by atoms with E-state index in [1.807, 2.05) is 0 Å². The molecule has 0 saturated carbocycles. The number of benzene rings is 1. The molecule has 0 spiro atoms. The number of hydrogen-bond donors (Lipinski definition) is 2. The topological polar surface area (TPSA) is 50.4 Å². The normalized spacial score (nSPS) is 10.2. The van der Waals surface area contributed by atoms with E-state index in [4.69, 9.17) is 16.3 Å². The zero-order valence-electron chi connectivity index (χ0n) is 10.7. The van der Waals surface area contributed by atoms with Gasteiger partial charge in [0.2, 0.25) is 0 Å². The van der Waals surface area contributed by atoms with E-state index in [2.05, 4.69) is 24.5 Å². The summed E-state index contributed by atoms with van der Waals surface area (Å²) in [6.45, 7) is 5.03. The maximum Gasteiger partial charge on any atom is 0.317 e. The van der Waals surface area contributed by atoms with Gasteiger partial charge in [0, 0.05) is 11.6 Å². The Labute approximate surface area is 113 Å². The molecule has 1 rings (SSSR count). The summed E-state index contributed by atoms with van der Waals surface area (Å²) in [6, 6.07) is 6.75. The molecule has 0 unspecified atom stereocenters. The van der Waals surface area contributed by atoms with Gasteiger partial charge in [-0.2, -0.15) is 0 Å². The molecule has 5 heteroatoms. The molecule has 0 heterocycles. The molecule has 4 nitrogen and oxygen atoms in total. The summed E-state index contributed by atoms with van der Waals surface area (Å²) in [7, 11) is 0. The van der Waals surface area contributed by atoms with Crippen molar-refractivity contribution in [1.29, 1.82) is 0 Å². The Kier molecular flexibility index (Phi) is 6.36. The summed E-state index contributed by atoms with van der Waals surface area (Å²) in [5, 5.41) is 6.03. The Bertz CT molecular complexity index is 366. The third kappa shape index (κ3) is 6.35. The lowest BCUT2D eigenvalue weighted by molar-refractivity contribution is 0.223. The zero-order chi connectivity index (χ0) is 13.4. The SMILES string of the molecule is CC(C)CCNC(=O)NCOc1ccc(Cl)cc1. The first-order valence-corrected chi connectivity index (χ1v) is 6.36. The summed E-state index contributed by atoms with van der Waals surface area (Å²) in [5.74, 6) is 1.25. The molecule has 0 saturated heterocycles. The van der Waals surface area contributed by atoms with E-state index in [0.717, 1.165) is 6.42 Å². The van der Waals surface area contributed by atoms with Crippen LogP contribution in [0.3, 0.4) is 0 Å². The molecular formula is C13H19ClN2O2. The highest BCUT2D eigenvalue weighted by molar-refractivity contribution is 6.30. The molecule has 0 aliphatic rings. The third-order valence-electron chi connectivity index (χ3n) is 2.29. The fourth-order valence-electron chi connectivity index (χ4n) is 1.25. The van der Waals surface area contributed by atoms with Crippen LogP contribution in [0.2, 0.25) is 5.02 Å². The molecule has 100 valence electrons. The smallest absolute Gasteiger partial charge is 0.317 e. The summed E-state index contributed by atoms with van der Waals surface area (Å²) in [4.78, 5) is 11.3. The van der Waals surface area contributed by atoms with Crippen molar-refractivity contribution in [2.45, 2.75) is 20.3 Å². The number of rotatable bonds is 6. The number of nitrogens with one attached hydrogen (secondary N) is 2. The Balaban J connectivity index is 2.13. The van der Waals surface area contributed by atoms with Gasteiger partial charge in [0.05, 0.1) is 0 Å². The number of amides is 2. The fraction of sp³-hybridized carbons (Fsp3) is 0.462. The predicted octanol–water partition coefficient (Wildman–Crippen LogP) is 3.02. The summed E-state index contributed by atoms with van der Waals surface area (Å²) >= 11 is 5.74. The van der Waals surface area contributed by atoms with Gasteiger partial charge in [0.1, 0.15) is 5.75 Å². The molecule has 2 amide bonds. The van der Waals surface area contributed by atoms with Gasteiger partial charge >= 0.3 is 6.03 Å². The molecular weight excluding hydrogens is 252 g/mol. The van der Waals surface area contributed by atoms with Crippen LogP contribution in [0.15, 0.2) is 24.3 Å². The molecule has 1 aromatic carbocycles. The number of ether oxygens (including phenoxy) is 1. The second-order valence-corrected chi connectivity index (χ2v) is 4.79. The lowest BCUT2D eigenvalue weighted by Gasteiger charge is -2.10. The monoisotopic (exact) mass is 270 g/mol. The summed E-state index contributed by atoms with van der Waals surface area (Å²) in [6.07, 6.45) is 0.964. The van der Waals surface area contributed by atoms with Gasteiger partial charge in [0.25, 0.3) is 0 Å². The van der Waals surface area contributed by atoms with Crippen LogP contribution in [0.5, 0.6) is 5.75 Å². The third-order valence-corrected chi connectivity index (χ3v) is 2.54. The van der Waals surface area contributed by atoms with E-state index in [0.29, 0.717) is 23.2 Å². The van der Waals surface area contributed by atoms with Gasteiger partial charge in [-0.3, -0.25) is 0 Å². The van der Waals surface area contributed by atoms with E-state index >= 15 is 0 Å². The first-order chi connectivity index (χ1) is 8.58. The highest BCUT2D eigenvalue weighted by Gasteiger charge is 2.00. The zero-order valence-corrected chi connectivity index (χ0v) is 11.5. The van der Waals surface area contributed by atoms with Gasteiger partial charge in [-0.25, -0.2) is 4.79 Å². The number of hydrogen-bond acceptors (Lipinski definition) is 2. The minimum absolute atomic E-state index is 0.134. The molecule has 0 bridgehead atoms. The lowest BCUT2D eigenvalue weighted by atomic mass is 10.1. The van der Waals surface area contributed by atoms with Crippen LogP contribution < -0.4 is 15.4 Å². The highest BCUT2D eigenvalue weighted by atomic mass is 35.5. The van der Waals surface area contributed by atoms with E-state index in [9.17, 15) is 4.79 Å². The number of carbonyl (C=O) groups excluding carboxylic acids is 1. The second-order valence-electron chi connectivity index (χ2n) is 4.36. The summed E-state index contributed by atoms with van der Waals surface area (Å²) < 4.78 is 5.33. The first kappa shape index (κ1) is 14.6. The van der Waals surface area contributed by atoms with E-state index in [1.54, 1.807) is 24.3 Å². The minimum atomic E-state index is -0.218. The predicted molar refractivity (Wildman–Crippen MR) is 72.9 cm³/mol. The highest BCUT2D eigenvalue weighted by Crippen LogP contribution is 2.14. The molecule has 0 radical (unpaired) electrons. The lowest BCUT2D eigenvalue weighted by Crippen LogP contribution is -2.38. The molecule has 18 heavy (non-hydrogen) atoms. The van der Waals surface area contributed by atoms with Gasteiger partial charge in [0.15, 0.2) is 6.73 Å². The van der Waals surface area contributed by atoms with Crippen LogP contribution in [0, 0.1) is 5.92 Å². The van der Waals surface area contributed by atoms with Crippen LogP contribution in [-0.4, -0.2) is 19.3 Å². The van der Waals surface area contributed by atoms with E-state index < -0.39 is 0 Å². The van der Waals surface area contributed by atoms with Crippen molar-refractivity contribution < 1.29 is 9.53 Å². The standard InChI is InChI=1S/C13H19ClN2O2/c1-10(2)7-8-15-13(17)16-9-18-12-5-3-11(14)4-6-12/h3-6,10H,7-9H2,1-2H3,(H2,15,16,17). The number of halogens is 1. The Hall–Kier alpha value is -1.42. The van der Waals surface area contributed by atoms with Crippen molar-refractivity contribution in [2.75, 3.05) is 13.3 Å². The van der Waals surface area contributed by atoms with Crippen LogP contribution >= 0.6 is 11.6 Å². The maximum atomic E-state index is 11.3. The Morgan fingerprint density at radius 3 is 2.56 bits per heavy atom. The molecule has 0 aliphatic heterocycles. The van der Waals surface area contributed by atoms with Crippen LogP contribution in [-0.2, 0) is 0 Å². The molecule has 2 N–H and O–H groups in total. The van der Waals surface area contributed by atoms with Crippen molar-refractivity contribution in [3.8, 4) is 5.75 Å². The summed E-state index contributed by atoms with van der Waals surface area (Å²) in [5.41, 5.74) is 0. The molecule has 0 atom stereocenters. The van der Waals surface area contributed by atoms with E-state index in [1.165, 1.54) is 0 Å². The molecule has 1 aromatic rings. The van der Waals surface area contributed by atoms with Crippen LogP contribution in [0.1, 0.15) is 20.3 Å². The average molecular weight is 271 g/mol. The van der Waals surface area contributed by atoms with Gasteiger partial charge in [-0.15, -0.1) is 0 Å². The fourth-order valence-corrected chi connectivity index (χ4v) is 1.38. The van der Waals surface area contributed by atoms with Crippen LogP contribution in [0.25, 0.3) is 0 Å². The number of carbonyl (C=O) groups is 1. The van der Waals surface area contributed by atoms with Gasteiger partial charge in [-0.1, -0.05) is 25.4 Å². The largest absolute Gasteiger partial charge is 0.473 e. The van der Waals surface area contributed by atoms with Crippen molar-refractivity contribution >= 4 is 17.6 Å². The maximum absolute atomic E-state index is 11.3. The van der Waals surface area contributed by atoms with E-state index in [-0.39, 0.29) is 12.8 Å². The molecule has 0 fully saturated rings. The first-order valence-electron chi connectivity index (χ1n) is 5.98. The number of urea groups is 1. The Morgan fingerprint density at radius 1 is 1.28 bits per heavy atom. The molecule has 0 aliphatic carbocycles. The minimum Gasteiger partial charge on any atom is -0.473 e. The van der Waals surface area contributed by atoms with Crippen molar-refractivity contribution in [3.05, 3.63) is 29.3 Å². The van der Waals surface area contributed by atoms with Crippen LogP contribution in [0.4, 0.5) is 4.79 Å². The van der Waals surface area contributed by atoms with Crippen molar-refractivity contribution in [1.82, 2.24) is 10.6 Å². The average Bonchev–Trinajstić information content (AvgIpc) is 2.31. The van der Waals surface area contributed by atoms with Gasteiger partial charge < -0.3 is 15.4 Å². The van der Waals surface area contributed by atoms with Crippen molar-refractivity contribution in [2.24, 2.45) is 5.92 Å². The second kappa shape index (κ2) is 7.82.